The van der Waals surface area contributed by atoms with Crippen LogP contribution in [0.1, 0.15) is 41.7 Å². The molecule has 0 spiro atoms. The standard InChI is InChI=1S/C24H23Cl3N2O2/c1-14-17(24(31)28-21-4-2-3-5-23(21)30)10-11-29(14)22-12-18(19(26)13-20(22)27)15-6-8-16(25)9-7-15/h6-13,21,23,30H,2-5H2,1H3,(H,28,31). The van der Waals surface area contributed by atoms with Crippen molar-refractivity contribution in [1.82, 2.24) is 9.88 Å². The highest BCUT2D eigenvalue weighted by atomic mass is 35.5. The van der Waals surface area contributed by atoms with Crippen molar-refractivity contribution in [2.24, 2.45) is 0 Å². The molecule has 7 heteroatoms. The second kappa shape index (κ2) is 9.25. The molecule has 0 aliphatic heterocycles. The van der Waals surface area contributed by atoms with E-state index in [1.807, 2.05) is 48.0 Å². The van der Waals surface area contributed by atoms with Gasteiger partial charge in [0.25, 0.3) is 5.91 Å². The number of halogens is 3. The van der Waals surface area contributed by atoms with Crippen LogP contribution in [0.15, 0.2) is 48.7 Å². The van der Waals surface area contributed by atoms with Gasteiger partial charge >= 0.3 is 0 Å². The highest BCUT2D eigenvalue weighted by Gasteiger charge is 2.26. The Morgan fingerprint density at radius 3 is 2.45 bits per heavy atom. The van der Waals surface area contributed by atoms with Gasteiger partial charge in [-0.15, -0.1) is 0 Å². The van der Waals surface area contributed by atoms with Gasteiger partial charge in [-0.05, 0) is 55.7 Å². The molecule has 162 valence electrons. The van der Waals surface area contributed by atoms with E-state index in [1.165, 1.54) is 0 Å². The Morgan fingerprint density at radius 2 is 1.74 bits per heavy atom. The van der Waals surface area contributed by atoms with E-state index in [-0.39, 0.29) is 11.9 Å². The molecule has 31 heavy (non-hydrogen) atoms. The zero-order chi connectivity index (χ0) is 22.1. The highest BCUT2D eigenvalue weighted by molar-refractivity contribution is 6.37. The number of aliphatic hydroxyl groups is 1. The lowest BCUT2D eigenvalue weighted by Crippen LogP contribution is -2.45. The third-order valence-corrected chi connectivity index (χ3v) is 6.75. The average Bonchev–Trinajstić information content (AvgIpc) is 3.12. The normalized spacial score (nSPS) is 18.7. The number of aromatic nitrogens is 1. The Morgan fingerprint density at radius 1 is 1.03 bits per heavy atom. The van der Waals surface area contributed by atoms with Gasteiger partial charge in [0.15, 0.2) is 0 Å². The zero-order valence-electron chi connectivity index (χ0n) is 17.0. The van der Waals surface area contributed by atoms with Gasteiger partial charge in [0, 0.05) is 22.5 Å². The van der Waals surface area contributed by atoms with Crippen LogP contribution in [-0.4, -0.2) is 27.7 Å². The molecular formula is C24H23Cl3N2O2. The van der Waals surface area contributed by atoms with Crippen molar-refractivity contribution in [3.8, 4) is 16.8 Å². The van der Waals surface area contributed by atoms with Crippen LogP contribution in [-0.2, 0) is 0 Å². The number of aliphatic hydroxyl groups excluding tert-OH is 1. The molecule has 0 saturated heterocycles. The molecule has 0 radical (unpaired) electrons. The first-order valence-corrected chi connectivity index (χ1v) is 11.4. The molecule has 1 amide bonds. The van der Waals surface area contributed by atoms with Crippen LogP contribution in [0.3, 0.4) is 0 Å². The Hall–Kier alpha value is -1.98. The lowest BCUT2D eigenvalue weighted by atomic mass is 9.92. The Kier molecular flexibility index (Phi) is 6.63. The minimum atomic E-state index is -0.493. The van der Waals surface area contributed by atoms with E-state index in [0.29, 0.717) is 20.6 Å². The summed E-state index contributed by atoms with van der Waals surface area (Å²) in [6.45, 7) is 1.87. The van der Waals surface area contributed by atoms with Crippen LogP contribution in [0, 0.1) is 6.92 Å². The molecule has 1 aliphatic rings. The zero-order valence-corrected chi connectivity index (χ0v) is 19.3. The van der Waals surface area contributed by atoms with E-state index in [0.717, 1.165) is 48.2 Å². The van der Waals surface area contributed by atoms with Gasteiger partial charge in [0.1, 0.15) is 0 Å². The molecule has 3 aromatic rings. The maximum Gasteiger partial charge on any atom is 0.253 e. The Bertz CT molecular complexity index is 1110. The summed E-state index contributed by atoms with van der Waals surface area (Å²) in [5.74, 6) is -0.190. The summed E-state index contributed by atoms with van der Waals surface area (Å²) in [7, 11) is 0. The largest absolute Gasteiger partial charge is 0.391 e. The van der Waals surface area contributed by atoms with Crippen molar-refractivity contribution in [2.45, 2.75) is 44.8 Å². The number of hydrogen-bond donors (Lipinski definition) is 2. The summed E-state index contributed by atoms with van der Waals surface area (Å²) in [5.41, 5.74) is 3.78. The van der Waals surface area contributed by atoms with Crippen LogP contribution < -0.4 is 5.32 Å². The van der Waals surface area contributed by atoms with Crippen molar-refractivity contribution in [1.29, 1.82) is 0 Å². The number of benzene rings is 2. The van der Waals surface area contributed by atoms with E-state index in [9.17, 15) is 9.90 Å². The third kappa shape index (κ3) is 4.63. The Balaban J connectivity index is 1.66. The van der Waals surface area contributed by atoms with Crippen molar-refractivity contribution in [3.05, 3.63) is 75.0 Å². The van der Waals surface area contributed by atoms with Gasteiger partial charge in [-0.3, -0.25) is 4.79 Å². The predicted octanol–water partition coefficient (Wildman–Crippen LogP) is 6.45. The van der Waals surface area contributed by atoms with Crippen molar-refractivity contribution >= 4 is 40.7 Å². The van der Waals surface area contributed by atoms with Crippen LogP contribution in [0.25, 0.3) is 16.8 Å². The molecule has 2 aromatic carbocycles. The number of carbonyl (C=O) groups is 1. The first-order chi connectivity index (χ1) is 14.8. The first-order valence-electron chi connectivity index (χ1n) is 10.3. The second-order valence-corrected chi connectivity index (χ2v) is 9.16. The summed E-state index contributed by atoms with van der Waals surface area (Å²) < 4.78 is 1.88. The maximum atomic E-state index is 12.9. The number of hydrogen-bond acceptors (Lipinski definition) is 2. The van der Waals surface area contributed by atoms with Crippen LogP contribution in [0.2, 0.25) is 15.1 Å². The second-order valence-electron chi connectivity index (χ2n) is 7.91. The van der Waals surface area contributed by atoms with E-state index in [1.54, 1.807) is 12.1 Å². The summed E-state index contributed by atoms with van der Waals surface area (Å²) in [5, 5.41) is 14.8. The lowest BCUT2D eigenvalue weighted by molar-refractivity contribution is 0.0717. The summed E-state index contributed by atoms with van der Waals surface area (Å²) >= 11 is 19.0. The summed E-state index contributed by atoms with van der Waals surface area (Å²) in [4.78, 5) is 12.9. The molecular weight excluding hydrogens is 455 g/mol. The topological polar surface area (TPSA) is 54.3 Å². The average molecular weight is 478 g/mol. The fourth-order valence-electron chi connectivity index (χ4n) is 4.11. The highest BCUT2D eigenvalue weighted by Crippen LogP contribution is 2.36. The minimum absolute atomic E-state index is 0.190. The van der Waals surface area contributed by atoms with Crippen molar-refractivity contribution in [2.75, 3.05) is 0 Å². The SMILES string of the molecule is Cc1c(C(=O)NC2CCCCC2O)ccn1-c1cc(-c2ccc(Cl)cc2)c(Cl)cc1Cl. The van der Waals surface area contributed by atoms with Crippen molar-refractivity contribution < 1.29 is 9.90 Å². The molecule has 1 aliphatic carbocycles. The number of nitrogens with zero attached hydrogens (tertiary/aromatic N) is 1. The molecule has 1 fully saturated rings. The number of carbonyl (C=O) groups excluding carboxylic acids is 1. The molecule has 1 heterocycles. The number of nitrogens with one attached hydrogen (secondary N) is 1. The molecule has 0 bridgehead atoms. The number of amides is 1. The van der Waals surface area contributed by atoms with E-state index in [2.05, 4.69) is 5.32 Å². The summed E-state index contributed by atoms with van der Waals surface area (Å²) in [6, 6.07) is 12.6. The fourth-order valence-corrected chi connectivity index (χ4v) is 4.82. The van der Waals surface area contributed by atoms with Gasteiger partial charge in [-0.25, -0.2) is 0 Å². The minimum Gasteiger partial charge on any atom is -0.391 e. The monoisotopic (exact) mass is 476 g/mol. The first kappa shape index (κ1) is 22.2. The molecule has 2 unspecified atom stereocenters. The lowest BCUT2D eigenvalue weighted by Gasteiger charge is -2.28. The van der Waals surface area contributed by atoms with Crippen LogP contribution >= 0.6 is 34.8 Å². The Labute approximate surface area is 196 Å². The van der Waals surface area contributed by atoms with Crippen LogP contribution in [0.4, 0.5) is 0 Å². The third-order valence-electron chi connectivity index (χ3n) is 5.88. The molecule has 1 aromatic heterocycles. The van der Waals surface area contributed by atoms with Gasteiger partial charge in [-0.2, -0.15) is 0 Å². The predicted molar refractivity (Wildman–Crippen MR) is 127 cm³/mol. The van der Waals surface area contributed by atoms with Crippen LogP contribution in [0.5, 0.6) is 0 Å². The fraction of sp³-hybridized carbons (Fsp3) is 0.292. The van der Waals surface area contributed by atoms with Crippen molar-refractivity contribution in [3.63, 3.8) is 0 Å². The quantitative estimate of drug-likeness (QED) is 0.454. The maximum absolute atomic E-state index is 12.9. The van der Waals surface area contributed by atoms with E-state index >= 15 is 0 Å². The number of rotatable bonds is 4. The summed E-state index contributed by atoms with van der Waals surface area (Å²) in [6.07, 6.45) is 4.85. The van der Waals surface area contributed by atoms with Gasteiger partial charge in [-0.1, -0.05) is 59.8 Å². The molecule has 2 N–H and O–H groups in total. The molecule has 2 atom stereocenters. The smallest absolute Gasteiger partial charge is 0.253 e. The molecule has 1 saturated carbocycles. The van der Waals surface area contributed by atoms with Gasteiger partial charge in [0.2, 0.25) is 0 Å². The van der Waals surface area contributed by atoms with E-state index in [4.69, 9.17) is 34.8 Å². The van der Waals surface area contributed by atoms with E-state index < -0.39 is 6.10 Å². The van der Waals surface area contributed by atoms with Gasteiger partial charge < -0.3 is 15.0 Å². The van der Waals surface area contributed by atoms with Gasteiger partial charge in [0.05, 0.1) is 33.4 Å². The molecule has 4 nitrogen and oxygen atoms in total. The molecule has 4 rings (SSSR count).